The molecule has 0 aliphatic heterocycles. The molecule has 1 N–H and O–H groups in total. The van der Waals surface area contributed by atoms with E-state index in [1.807, 2.05) is 36.4 Å². The van der Waals surface area contributed by atoms with Gasteiger partial charge in [-0.05, 0) is 35.8 Å². The Kier molecular flexibility index (Phi) is 9.01. The Hall–Kier alpha value is -3.45. The summed E-state index contributed by atoms with van der Waals surface area (Å²) < 4.78 is 12.4. The van der Waals surface area contributed by atoms with Crippen LogP contribution in [0.4, 0.5) is 0 Å². The van der Waals surface area contributed by atoms with Gasteiger partial charge in [-0.3, -0.25) is 4.98 Å². The monoisotopic (exact) mass is 435 g/mol. The third-order valence-corrected chi connectivity index (χ3v) is 4.87. The first kappa shape index (κ1) is 23.2. The summed E-state index contributed by atoms with van der Waals surface area (Å²) in [5, 5.41) is 9.67. The third kappa shape index (κ3) is 7.35. The van der Waals surface area contributed by atoms with Crippen LogP contribution in [0.5, 0.6) is 0 Å². The average molecular weight is 436 g/mol. The molecular formula is C25H29N3O4. The molecule has 0 spiro atoms. The lowest BCUT2D eigenvalue weighted by Crippen LogP contribution is -2.22. The molecule has 7 heteroatoms. The number of imidazole rings is 1. The number of carbonyl (C=O) groups excluding carboxylic acids is 1. The molecule has 0 saturated heterocycles. The fourth-order valence-electron chi connectivity index (χ4n) is 3.07. The maximum Gasteiger partial charge on any atom is 0.340 e. The molecular weight excluding hydrogens is 406 g/mol. The SMILES string of the molecule is CCCCCOCC(/C=C/c1ccc(Cc2nccn2O)cc1)OC(=O)c1cccnc1. The van der Waals surface area contributed by atoms with Gasteiger partial charge in [0.1, 0.15) is 11.9 Å². The summed E-state index contributed by atoms with van der Waals surface area (Å²) in [5.41, 5.74) is 2.40. The number of pyridine rings is 1. The molecule has 0 bridgehead atoms. The van der Waals surface area contributed by atoms with Crippen LogP contribution in [0, 0.1) is 0 Å². The summed E-state index contributed by atoms with van der Waals surface area (Å²) in [5.74, 6) is 0.149. The van der Waals surface area contributed by atoms with Crippen LogP contribution in [0.1, 0.15) is 53.5 Å². The van der Waals surface area contributed by atoms with E-state index < -0.39 is 12.1 Å². The van der Waals surface area contributed by atoms with Crippen LogP contribution in [-0.4, -0.2) is 45.2 Å². The topological polar surface area (TPSA) is 86.5 Å². The second-order valence-electron chi connectivity index (χ2n) is 7.43. The van der Waals surface area contributed by atoms with E-state index in [0.717, 1.165) is 35.1 Å². The molecule has 1 unspecified atom stereocenters. The third-order valence-electron chi connectivity index (χ3n) is 4.87. The first-order valence-electron chi connectivity index (χ1n) is 10.8. The molecule has 2 heterocycles. The van der Waals surface area contributed by atoms with E-state index >= 15 is 0 Å². The van der Waals surface area contributed by atoms with E-state index in [1.165, 1.54) is 12.4 Å². The summed E-state index contributed by atoms with van der Waals surface area (Å²) in [6, 6.07) is 11.3. The predicted molar refractivity (Wildman–Crippen MR) is 121 cm³/mol. The van der Waals surface area contributed by atoms with Crippen molar-refractivity contribution in [3.05, 3.63) is 89.8 Å². The smallest absolute Gasteiger partial charge is 0.340 e. The number of esters is 1. The minimum Gasteiger partial charge on any atom is -0.452 e. The van der Waals surface area contributed by atoms with Gasteiger partial charge < -0.3 is 14.7 Å². The van der Waals surface area contributed by atoms with E-state index in [9.17, 15) is 10.0 Å². The number of aromatic nitrogens is 3. The predicted octanol–water partition coefficient (Wildman–Crippen LogP) is 4.55. The molecule has 0 amide bonds. The zero-order chi connectivity index (χ0) is 22.6. The van der Waals surface area contributed by atoms with Crippen LogP contribution in [0.15, 0.2) is 67.3 Å². The van der Waals surface area contributed by atoms with Gasteiger partial charge >= 0.3 is 5.97 Å². The number of carbonyl (C=O) groups is 1. The molecule has 0 aliphatic rings. The molecule has 7 nitrogen and oxygen atoms in total. The summed E-state index contributed by atoms with van der Waals surface area (Å²) in [6.07, 6.45) is 13.2. The van der Waals surface area contributed by atoms with Crippen molar-refractivity contribution in [1.29, 1.82) is 0 Å². The molecule has 2 aromatic heterocycles. The van der Waals surface area contributed by atoms with Gasteiger partial charge in [0.25, 0.3) is 0 Å². The summed E-state index contributed by atoms with van der Waals surface area (Å²) in [4.78, 5) is 20.5. The van der Waals surface area contributed by atoms with Crippen molar-refractivity contribution in [2.45, 2.75) is 38.7 Å². The van der Waals surface area contributed by atoms with E-state index in [4.69, 9.17) is 9.47 Å². The molecule has 1 aromatic carbocycles. The number of benzene rings is 1. The van der Waals surface area contributed by atoms with Crippen molar-refractivity contribution in [3.8, 4) is 0 Å². The lowest BCUT2D eigenvalue weighted by Gasteiger charge is -2.15. The zero-order valence-electron chi connectivity index (χ0n) is 18.3. The van der Waals surface area contributed by atoms with Gasteiger partial charge in [-0.1, -0.05) is 50.1 Å². The minimum atomic E-state index is -0.508. The first-order chi connectivity index (χ1) is 15.7. The maximum atomic E-state index is 12.4. The number of rotatable bonds is 12. The number of hydrogen-bond donors (Lipinski definition) is 1. The fraction of sp³-hybridized carbons (Fsp3) is 0.320. The summed E-state index contributed by atoms with van der Waals surface area (Å²) in [6.45, 7) is 3.08. The van der Waals surface area contributed by atoms with Crippen molar-refractivity contribution >= 4 is 12.0 Å². The number of nitrogens with zero attached hydrogens (tertiary/aromatic N) is 3. The Morgan fingerprint density at radius 2 is 2.03 bits per heavy atom. The summed E-state index contributed by atoms with van der Waals surface area (Å²) in [7, 11) is 0. The van der Waals surface area contributed by atoms with Gasteiger partial charge in [-0.15, -0.1) is 0 Å². The van der Waals surface area contributed by atoms with Crippen molar-refractivity contribution in [2.75, 3.05) is 13.2 Å². The Labute approximate surface area is 188 Å². The van der Waals surface area contributed by atoms with Gasteiger partial charge in [0.2, 0.25) is 0 Å². The first-order valence-corrected chi connectivity index (χ1v) is 10.8. The van der Waals surface area contributed by atoms with Crippen LogP contribution < -0.4 is 0 Å². The van der Waals surface area contributed by atoms with Crippen molar-refractivity contribution < 1.29 is 19.5 Å². The van der Waals surface area contributed by atoms with Gasteiger partial charge in [-0.2, -0.15) is 4.73 Å². The highest BCUT2D eigenvalue weighted by atomic mass is 16.6. The Morgan fingerprint density at radius 3 is 2.72 bits per heavy atom. The number of ether oxygens (including phenoxy) is 2. The zero-order valence-corrected chi connectivity index (χ0v) is 18.3. The molecule has 1 atom stereocenters. The lowest BCUT2D eigenvalue weighted by molar-refractivity contribution is 0.0106. The number of unbranched alkanes of at least 4 members (excludes halogenated alkanes) is 2. The molecule has 168 valence electrons. The quantitative estimate of drug-likeness (QED) is 0.255. The van der Waals surface area contributed by atoms with Crippen LogP contribution >= 0.6 is 0 Å². The lowest BCUT2D eigenvalue weighted by atomic mass is 10.1. The van der Waals surface area contributed by atoms with Gasteiger partial charge in [0.05, 0.1) is 18.4 Å². The summed E-state index contributed by atoms with van der Waals surface area (Å²) >= 11 is 0. The van der Waals surface area contributed by atoms with E-state index in [-0.39, 0.29) is 0 Å². The molecule has 3 rings (SSSR count). The van der Waals surface area contributed by atoms with E-state index in [1.54, 1.807) is 24.5 Å². The maximum absolute atomic E-state index is 12.4. The van der Waals surface area contributed by atoms with Crippen LogP contribution in [-0.2, 0) is 15.9 Å². The Morgan fingerprint density at radius 1 is 1.19 bits per heavy atom. The fourth-order valence-corrected chi connectivity index (χ4v) is 3.07. The van der Waals surface area contributed by atoms with Gasteiger partial charge in [0.15, 0.2) is 0 Å². The Bertz CT molecular complexity index is 984. The average Bonchev–Trinajstić information content (AvgIpc) is 3.22. The molecule has 0 saturated carbocycles. The molecule has 0 aliphatic carbocycles. The van der Waals surface area contributed by atoms with Crippen molar-refractivity contribution in [1.82, 2.24) is 14.7 Å². The van der Waals surface area contributed by atoms with Crippen molar-refractivity contribution in [2.24, 2.45) is 0 Å². The van der Waals surface area contributed by atoms with Crippen molar-refractivity contribution in [3.63, 3.8) is 0 Å². The number of hydrogen-bond acceptors (Lipinski definition) is 6. The molecule has 3 aromatic rings. The van der Waals surface area contributed by atoms with E-state index in [2.05, 4.69) is 16.9 Å². The standard InChI is InChI=1S/C25H29N3O4/c1-2-3-4-16-31-19-23(32-25(29)22-6-5-13-26-18-22)12-11-20-7-9-21(10-8-20)17-24-27-14-15-28(24)30/h5-15,18,23,30H,2-4,16-17,19H2,1H3/b12-11+. The molecule has 32 heavy (non-hydrogen) atoms. The normalized spacial score (nSPS) is 12.2. The highest BCUT2D eigenvalue weighted by Crippen LogP contribution is 2.12. The second-order valence-corrected chi connectivity index (χ2v) is 7.43. The van der Waals surface area contributed by atoms with Crippen LogP contribution in [0.25, 0.3) is 6.08 Å². The van der Waals surface area contributed by atoms with Crippen LogP contribution in [0.3, 0.4) is 0 Å². The molecule has 0 radical (unpaired) electrons. The largest absolute Gasteiger partial charge is 0.452 e. The highest BCUT2D eigenvalue weighted by Gasteiger charge is 2.14. The minimum absolute atomic E-state index is 0.295. The molecule has 0 fully saturated rings. The highest BCUT2D eigenvalue weighted by molar-refractivity contribution is 5.89. The second kappa shape index (κ2) is 12.4. The van der Waals surface area contributed by atoms with Gasteiger partial charge in [-0.25, -0.2) is 9.78 Å². The Balaban J connectivity index is 1.61. The van der Waals surface area contributed by atoms with Crippen LogP contribution in [0.2, 0.25) is 0 Å². The van der Waals surface area contributed by atoms with E-state index in [0.29, 0.717) is 31.0 Å². The van der Waals surface area contributed by atoms with Gasteiger partial charge in [0, 0.05) is 31.6 Å².